The van der Waals surface area contributed by atoms with Crippen molar-refractivity contribution in [1.82, 2.24) is 15.0 Å². The molecule has 20 aromatic carbocycles. The number of hydrogen-bond donors (Lipinski definition) is 0. The highest BCUT2D eigenvalue weighted by Gasteiger charge is 2.22. The Morgan fingerprint density at radius 3 is 0.832 bits per heavy atom. The molecule has 26 rings (SSSR count). The van der Waals surface area contributed by atoms with Crippen molar-refractivity contribution in [1.29, 1.82) is 0 Å². The third kappa shape index (κ3) is 12.5. The molecule has 3 nitrogen and oxygen atoms in total. The third-order valence-electron chi connectivity index (χ3n) is 25.5. The van der Waals surface area contributed by atoms with Gasteiger partial charge < -0.3 is 0 Å². The fourth-order valence-electron chi connectivity index (χ4n) is 19.6. The summed E-state index contributed by atoms with van der Waals surface area (Å²) in [6, 6.07) is 151. The van der Waals surface area contributed by atoms with E-state index in [2.05, 4.69) is 432 Å². The second-order valence-corrected chi connectivity index (χ2v) is 35.8. The van der Waals surface area contributed by atoms with Crippen molar-refractivity contribution < 1.29 is 0 Å². The van der Waals surface area contributed by atoms with Gasteiger partial charge in [0.05, 0.1) is 33.6 Å². The van der Waals surface area contributed by atoms with E-state index in [-0.39, 0.29) is 0 Å². The minimum absolute atomic E-state index is 0.985. The molecular formula is C119H75N3S3. The molecule has 0 aliphatic heterocycles. The quantitative estimate of drug-likeness (QED) is 0.142. The highest BCUT2D eigenvalue weighted by molar-refractivity contribution is 7.27. The van der Waals surface area contributed by atoms with Crippen molar-refractivity contribution in [3.63, 3.8) is 0 Å². The minimum Gasteiger partial charge on any atom is -0.247 e. The first-order chi connectivity index (χ1) is 61.8. The summed E-state index contributed by atoms with van der Waals surface area (Å²) in [5.74, 6) is 0. The second-order valence-electron chi connectivity index (χ2n) is 32.6. The van der Waals surface area contributed by atoms with Gasteiger partial charge in [0.2, 0.25) is 0 Å². The molecular weight excluding hydrogens is 1570 g/mol. The molecule has 0 aliphatic carbocycles. The molecule has 0 aliphatic rings. The Balaban J connectivity index is 0.000000105. The number of aromatic nitrogens is 3. The number of hydrogen-bond acceptors (Lipinski definition) is 6. The van der Waals surface area contributed by atoms with E-state index in [4.69, 9.17) is 15.0 Å². The molecule has 0 spiro atoms. The number of aryl methyl sites for hydroxylation is 2. The molecule has 0 radical (unpaired) electrons. The van der Waals surface area contributed by atoms with Gasteiger partial charge >= 0.3 is 0 Å². The van der Waals surface area contributed by atoms with E-state index in [0.717, 1.165) is 44.8 Å². The van der Waals surface area contributed by atoms with Gasteiger partial charge in [-0.2, -0.15) is 0 Å². The lowest BCUT2D eigenvalue weighted by molar-refractivity contribution is 1.34. The van der Waals surface area contributed by atoms with Gasteiger partial charge in [-0.05, 0) is 196 Å². The molecule has 0 atom stereocenters. The van der Waals surface area contributed by atoms with Crippen LogP contribution in [0.5, 0.6) is 0 Å². The number of rotatable bonds is 8. The molecule has 0 saturated carbocycles. The fraction of sp³-hybridized carbons (Fsp3) is 0.0168. The monoisotopic (exact) mass is 1640 g/mol. The van der Waals surface area contributed by atoms with E-state index in [0.29, 0.717) is 0 Å². The Labute approximate surface area is 734 Å². The summed E-state index contributed by atoms with van der Waals surface area (Å²) in [7, 11) is 0. The van der Waals surface area contributed by atoms with Crippen LogP contribution in [-0.2, 0) is 0 Å². The van der Waals surface area contributed by atoms with Gasteiger partial charge in [-0.3, -0.25) is 0 Å². The molecule has 0 saturated heterocycles. The summed E-state index contributed by atoms with van der Waals surface area (Å²) >= 11 is 5.65. The van der Waals surface area contributed by atoms with Crippen molar-refractivity contribution in [2.75, 3.05) is 0 Å². The number of benzene rings is 20. The number of nitrogens with zero attached hydrogens (tertiary/aromatic N) is 3. The Morgan fingerprint density at radius 1 is 0.152 bits per heavy atom. The Hall–Kier alpha value is -15.2. The smallest absolute Gasteiger partial charge is 0.0794 e. The molecule has 26 aromatic rings. The molecule has 6 heterocycles. The van der Waals surface area contributed by atoms with Crippen molar-refractivity contribution in [2.24, 2.45) is 0 Å². The molecule has 0 unspecified atom stereocenters. The summed E-state index contributed by atoms with van der Waals surface area (Å²) in [6.45, 7) is 4.45. The largest absolute Gasteiger partial charge is 0.247 e. The van der Waals surface area contributed by atoms with Crippen molar-refractivity contribution in [3.8, 4) is 89.4 Å². The zero-order valence-electron chi connectivity index (χ0n) is 68.4. The Kier molecular flexibility index (Phi) is 18.0. The highest BCUT2D eigenvalue weighted by Crippen LogP contribution is 2.49. The first-order valence-corrected chi connectivity index (χ1v) is 45.1. The van der Waals surface area contributed by atoms with Crippen LogP contribution in [0, 0.1) is 13.8 Å². The predicted molar refractivity (Wildman–Crippen MR) is 542 cm³/mol. The maximum Gasteiger partial charge on any atom is 0.0794 e. The van der Waals surface area contributed by atoms with E-state index >= 15 is 0 Å². The highest BCUT2D eigenvalue weighted by atomic mass is 32.1. The zero-order chi connectivity index (χ0) is 82.7. The van der Waals surface area contributed by atoms with Crippen LogP contribution in [0.25, 0.3) is 247 Å². The summed E-state index contributed by atoms with van der Waals surface area (Å²) in [5, 5.41) is 26.4. The fourth-order valence-corrected chi connectivity index (χ4v) is 23.3. The molecule has 584 valence electrons. The predicted octanol–water partition coefficient (Wildman–Crippen LogP) is 34.7. The normalized spacial score (nSPS) is 11.8. The van der Waals surface area contributed by atoms with Crippen LogP contribution in [-0.4, -0.2) is 15.0 Å². The van der Waals surface area contributed by atoms with Gasteiger partial charge in [0.1, 0.15) is 0 Å². The lowest BCUT2D eigenvalue weighted by atomic mass is 9.90. The maximum absolute atomic E-state index is 5.39. The molecule has 6 aromatic heterocycles. The lowest BCUT2D eigenvalue weighted by Crippen LogP contribution is -1.94. The number of fused-ring (bicyclic) bond motifs is 27. The van der Waals surface area contributed by atoms with Crippen LogP contribution in [0.4, 0.5) is 0 Å². The van der Waals surface area contributed by atoms with E-state index < -0.39 is 0 Å². The van der Waals surface area contributed by atoms with Gasteiger partial charge in [0.25, 0.3) is 0 Å². The van der Waals surface area contributed by atoms with Crippen LogP contribution in [0.15, 0.2) is 419 Å². The van der Waals surface area contributed by atoms with E-state index in [1.807, 2.05) is 34.0 Å². The Morgan fingerprint density at radius 2 is 0.400 bits per heavy atom. The SMILES string of the molecule is Cc1cc(-c2cccc3c2sc2ccccc23)c(C)cc1-c1ccc2c3ccccc3c3ccccc3c2n1.c1cc(-c2cccc(-c3cccc4c3sc3ccccc34)c2)cc(-c2ccc3c4ccccc4c4ccccc4c3n2)c1.c1ccc(-c2ccccc2-c2cccc3c2sc2ccccc23)c(-c2ccc3c4ccccc4c4ccccc4c3n2)c1. The summed E-state index contributed by atoms with van der Waals surface area (Å²) < 4.78 is 8.02. The van der Waals surface area contributed by atoms with Crippen LogP contribution >= 0.6 is 34.0 Å². The zero-order valence-corrected chi connectivity index (χ0v) is 70.9. The van der Waals surface area contributed by atoms with Gasteiger partial charge in [0.15, 0.2) is 0 Å². The van der Waals surface area contributed by atoms with Crippen LogP contribution in [0.1, 0.15) is 11.1 Å². The first-order valence-electron chi connectivity index (χ1n) is 42.7. The van der Waals surface area contributed by atoms with Crippen molar-refractivity contribution in [2.45, 2.75) is 13.8 Å². The third-order valence-corrected chi connectivity index (χ3v) is 29.1. The minimum atomic E-state index is 0.985. The summed E-state index contributed by atoms with van der Waals surface area (Å²) in [5.41, 5.74) is 24.6. The van der Waals surface area contributed by atoms with E-state index in [1.165, 1.54) is 214 Å². The first kappa shape index (κ1) is 73.7. The molecule has 6 heteroatoms. The Bertz CT molecular complexity index is 8830. The van der Waals surface area contributed by atoms with Crippen molar-refractivity contribution in [3.05, 3.63) is 430 Å². The second kappa shape index (κ2) is 30.5. The standard InChI is InChI=1S/2C41H25NS.C37H25NS/c1-3-16-30-27(13-1)29-15-6-8-20-34(29)40-35(30)24-25-38(42-40)32-18-7-5-14-28(32)26-12-2-4-17-31(26)36-21-11-22-37-33-19-9-10-23-39(33)43-41(36)37;1-2-16-33-31(14-1)32-15-3-4-18-35(32)40-36(33)22-23-38(42-40)29-13-8-11-27(25-29)26-10-7-12-28(24-26)30-19-9-20-37-34-17-5-6-21-39(34)43-41(30)37;1-22-21-33(23(2)20-32(22)31-16-9-15-30-27-13-7-8-17-35(27)39-37(30)31)34-19-18-29-26-12-4-3-10-24(26)25-11-5-6-14-28(25)36(29)38-34/h2*1-25H;3-21H,1-2H3. The molecule has 0 amide bonds. The number of pyridine rings is 3. The summed E-state index contributed by atoms with van der Waals surface area (Å²) in [6.07, 6.45) is 0. The van der Waals surface area contributed by atoms with Gasteiger partial charge in [0, 0.05) is 115 Å². The number of thiophene rings is 3. The van der Waals surface area contributed by atoms with E-state index in [1.54, 1.807) is 0 Å². The van der Waals surface area contributed by atoms with Gasteiger partial charge in [-0.25, -0.2) is 15.0 Å². The maximum atomic E-state index is 5.39. The molecule has 0 N–H and O–H groups in total. The lowest BCUT2D eigenvalue weighted by Gasteiger charge is -2.16. The van der Waals surface area contributed by atoms with Crippen LogP contribution < -0.4 is 0 Å². The van der Waals surface area contributed by atoms with Gasteiger partial charge in [-0.1, -0.05) is 346 Å². The summed E-state index contributed by atoms with van der Waals surface area (Å²) in [4.78, 5) is 16.0. The van der Waals surface area contributed by atoms with Gasteiger partial charge in [-0.15, -0.1) is 34.0 Å². The van der Waals surface area contributed by atoms with Crippen LogP contribution in [0.2, 0.25) is 0 Å². The van der Waals surface area contributed by atoms with Crippen LogP contribution in [0.3, 0.4) is 0 Å². The topological polar surface area (TPSA) is 38.7 Å². The molecule has 0 bridgehead atoms. The molecule has 0 fully saturated rings. The average Bonchev–Trinajstić information content (AvgIpc) is 1.01. The average molecular weight is 1640 g/mol. The van der Waals surface area contributed by atoms with Crippen molar-refractivity contribution >= 4 is 192 Å². The molecule has 125 heavy (non-hydrogen) atoms. The van der Waals surface area contributed by atoms with E-state index in [9.17, 15) is 0 Å².